The number of imidazole rings is 1. The van der Waals surface area contributed by atoms with Crippen molar-refractivity contribution in [3.05, 3.63) is 35.9 Å². The monoisotopic (exact) mass is 368 g/mol. The highest BCUT2D eigenvalue weighted by Crippen LogP contribution is 2.22. The van der Waals surface area contributed by atoms with Gasteiger partial charge < -0.3 is 14.6 Å². The Bertz CT molecular complexity index is 906. The van der Waals surface area contributed by atoms with Gasteiger partial charge in [-0.1, -0.05) is 26.0 Å². The zero-order valence-corrected chi connectivity index (χ0v) is 16.4. The molecule has 4 rings (SSSR count). The second-order valence-corrected chi connectivity index (χ2v) is 7.62. The number of hydrogen-bond donors (Lipinski definition) is 1. The van der Waals surface area contributed by atoms with Gasteiger partial charge in [0, 0.05) is 26.1 Å². The summed E-state index contributed by atoms with van der Waals surface area (Å²) in [5, 5.41) is 8.06. The fraction of sp³-hybridized carbons (Fsp3) is 0.550. The molecule has 1 atom stereocenters. The number of aryl methyl sites for hydroxylation is 2. The highest BCUT2D eigenvalue weighted by molar-refractivity contribution is 5.77. The Hall–Kier alpha value is -2.25. The van der Waals surface area contributed by atoms with Crippen LogP contribution in [-0.2, 0) is 17.7 Å². The fourth-order valence-corrected chi connectivity index (χ4v) is 3.54. The van der Waals surface area contributed by atoms with Crippen LogP contribution < -0.4 is 5.32 Å². The lowest BCUT2D eigenvalue weighted by Crippen LogP contribution is -2.40. The maximum Gasteiger partial charge on any atom is 0.233 e. The van der Waals surface area contributed by atoms with Crippen molar-refractivity contribution in [2.75, 3.05) is 19.7 Å². The van der Waals surface area contributed by atoms with E-state index < -0.39 is 0 Å². The summed E-state index contributed by atoms with van der Waals surface area (Å²) >= 11 is 0. The number of morpholine rings is 1. The van der Waals surface area contributed by atoms with Crippen LogP contribution in [0.5, 0.6) is 0 Å². The molecule has 0 spiro atoms. The summed E-state index contributed by atoms with van der Waals surface area (Å²) in [6, 6.07) is 8.28. The van der Waals surface area contributed by atoms with Gasteiger partial charge in [-0.25, -0.2) is 9.97 Å². The molecule has 1 aliphatic heterocycles. The maximum absolute atomic E-state index is 5.88. The fourth-order valence-electron chi connectivity index (χ4n) is 3.54. The lowest BCUT2D eigenvalue weighted by atomic mass is 10.1. The highest BCUT2D eigenvalue weighted by Gasteiger charge is 2.22. The molecule has 0 amide bonds. The Morgan fingerprint density at radius 1 is 1.26 bits per heavy atom. The number of rotatable bonds is 6. The second kappa shape index (κ2) is 7.78. The normalized spacial score (nSPS) is 17.9. The standard InChI is InChI=1S/C20H28N6O/c1-14(2)8-10-25-18-7-5-4-6-17(18)23-20(25)26-19(22-15(3)24-26)12-16-13-21-9-11-27-16/h4-7,14,16,21H,8-13H2,1-3H3. The van der Waals surface area contributed by atoms with Gasteiger partial charge in [-0.3, -0.25) is 0 Å². The molecule has 1 aliphatic rings. The SMILES string of the molecule is Cc1nc(CC2CNCCO2)n(-c2nc3ccccc3n2CCC(C)C)n1. The Morgan fingerprint density at radius 2 is 2.11 bits per heavy atom. The minimum absolute atomic E-state index is 0.120. The molecule has 144 valence electrons. The van der Waals surface area contributed by atoms with Gasteiger partial charge in [0.1, 0.15) is 11.6 Å². The van der Waals surface area contributed by atoms with Crippen LogP contribution in [0, 0.1) is 12.8 Å². The largest absolute Gasteiger partial charge is 0.375 e. The zero-order valence-electron chi connectivity index (χ0n) is 16.4. The molecular weight excluding hydrogens is 340 g/mol. The van der Waals surface area contributed by atoms with E-state index in [1.165, 1.54) is 0 Å². The van der Waals surface area contributed by atoms with E-state index in [2.05, 4.69) is 52.0 Å². The summed E-state index contributed by atoms with van der Waals surface area (Å²) in [7, 11) is 0. The van der Waals surface area contributed by atoms with Crippen LogP contribution in [0.3, 0.4) is 0 Å². The molecule has 2 aromatic heterocycles. The number of hydrogen-bond acceptors (Lipinski definition) is 5. The summed E-state index contributed by atoms with van der Waals surface area (Å²) in [4.78, 5) is 9.57. The Labute approximate surface area is 159 Å². The molecule has 0 radical (unpaired) electrons. The van der Waals surface area contributed by atoms with Gasteiger partial charge in [-0.2, -0.15) is 4.68 Å². The van der Waals surface area contributed by atoms with E-state index in [0.717, 1.165) is 67.7 Å². The molecule has 3 aromatic rings. The van der Waals surface area contributed by atoms with Crippen molar-refractivity contribution in [2.24, 2.45) is 5.92 Å². The lowest BCUT2D eigenvalue weighted by molar-refractivity contribution is 0.0277. The van der Waals surface area contributed by atoms with E-state index in [9.17, 15) is 0 Å². The molecule has 27 heavy (non-hydrogen) atoms. The molecule has 3 heterocycles. The van der Waals surface area contributed by atoms with Crippen molar-refractivity contribution in [3.63, 3.8) is 0 Å². The van der Waals surface area contributed by atoms with Crippen molar-refractivity contribution in [3.8, 4) is 5.95 Å². The first-order valence-electron chi connectivity index (χ1n) is 9.82. The van der Waals surface area contributed by atoms with Crippen LogP contribution in [-0.4, -0.2) is 50.1 Å². The van der Waals surface area contributed by atoms with Crippen LogP contribution in [0.2, 0.25) is 0 Å². The minimum Gasteiger partial charge on any atom is -0.375 e. The third-order valence-electron chi connectivity index (χ3n) is 4.95. The third kappa shape index (κ3) is 3.89. The number of aromatic nitrogens is 5. The van der Waals surface area contributed by atoms with E-state index in [1.807, 2.05) is 17.7 Å². The van der Waals surface area contributed by atoms with Gasteiger partial charge in [0.05, 0.1) is 23.7 Å². The molecule has 0 aliphatic carbocycles. The van der Waals surface area contributed by atoms with Crippen molar-refractivity contribution in [2.45, 2.75) is 46.3 Å². The maximum atomic E-state index is 5.88. The zero-order chi connectivity index (χ0) is 18.8. The minimum atomic E-state index is 0.120. The van der Waals surface area contributed by atoms with E-state index in [1.54, 1.807) is 0 Å². The smallest absolute Gasteiger partial charge is 0.233 e. The van der Waals surface area contributed by atoms with Crippen molar-refractivity contribution in [1.29, 1.82) is 0 Å². The van der Waals surface area contributed by atoms with Crippen LogP contribution in [0.4, 0.5) is 0 Å². The average Bonchev–Trinajstić information content (AvgIpc) is 3.20. The lowest BCUT2D eigenvalue weighted by Gasteiger charge is -2.23. The number of ether oxygens (including phenoxy) is 1. The van der Waals surface area contributed by atoms with Gasteiger partial charge in [0.2, 0.25) is 5.95 Å². The van der Waals surface area contributed by atoms with E-state index in [4.69, 9.17) is 9.72 Å². The summed E-state index contributed by atoms with van der Waals surface area (Å²) < 4.78 is 10.1. The van der Waals surface area contributed by atoms with E-state index >= 15 is 0 Å². The molecular formula is C20H28N6O. The number of nitrogens with one attached hydrogen (secondary N) is 1. The van der Waals surface area contributed by atoms with Gasteiger partial charge in [-0.05, 0) is 31.4 Å². The Balaban J connectivity index is 1.74. The predicted molar refractivity (Wildman–Crippen MR) is 105 cm³/mol. The molecule has 1 aromatic carbocycles. The van der Waals surface area contributed by atoms with Crippen LogP contribution >= 0.6 is 0 Å². The number of para-hydroxylation sites is 2. The van der Waals surface area contributed by atoms with Gasteiger partial charge in [0.25, 0.3) is 0 Å². The van der Waals surface area contributed by atoms with Crippen LogP contribution in [0.1, 0.15) is 31.9 Å². The second-order valence-electron chi connectivity index (χ2n) is 7.62. The van der Waals surface area contributed by atoms with Crippen molar-refractivity contribution in [1.82, 2.24) is 29.6 Å². The molecule has 7 nitrogen and oxygen atoms in total. The Kier molecular flexibility index (Phi) is 5.22. The number of benzene rings is 1. The first-order valence-corrected chi connectivity index (χ1v) is 9.82. The Morgan fingerprint density at radius 3 is 2.89 bits per heavy atom. The van der Waals surface area contributed by atoms with Gasteiger partial charge >= 0.3 is 0 Å². The first-order chi connectivity index (χ1) is 13.1. The summed E-state index contributed by atoms with van der Waals surface area (Å²) in [5.41, 5.74) is 2.13. The molecule has 1 unspecified atom stereocenters. The summed E-state index contributed by atoms with van der Waals surface area (Å²) in [5.74, 6) is 3.13. The summed E-state index contributed by atoms with van der Waals surface area (Å²) in [6.07, 6.45) is 1.93. The quantitative estimate of drug-likeness (QED) is 0.724. The van der Waals surface area contributed by atoms with E-state index in [-0.39, 0.29) is 6.10 Å². The van der Waals surface area contributed by atoms with Crippen LogP contribution in [0.25, 0.3) is 17.0 Å². The van der Waals surface area contributed by atoms with Crippen molar-refractivity contribution >= 4 is 11.0 Å². The van der Waals surface area contributed by atoms with Crippen LogP contribution in [0.15, 0.2) is 24.3 Å². The molecule has 7 heteroatoms. The molecule has 1 fully saturated rings. The van der Waals surface area contributed by atoms with Crippen molar-refractivity contribution < 1.29 is 4.74 Å². The third-order valence-corrected chi connectivity index (χ3v) is 4.95. The number of nitrogens with zero attached hydrogens (tertiary/aromatic N) is 5. The predicted octanol–water partition coefficient (Wildman–Crippen LogP) is 2.50. The van der Waals surface area contributed by atoms with Gasteiger partial charge in [0.15, 0.2) is 0 Å². The topological polar surface area (TPSA) is 69.8 Å². The molecule has 1 N–H and O–H groups in total. The van der Waals surface area contributed by atoms with Gasteiger partial charge in [-0.15, -0.1) is 5.10 Å². The average molecular weight is 368 g/mol. The highest BCUT2D eigenvalue weighted by atomic mass is 16.5. The van der Waals surface area contributed by atoms with E-state index in [0.29, 0.717) is 5.92 Å². The number of fused-ring (bicyclic) bond motifs is 1. The first kappa shape index (κ1) is 18.1. The molecule has 0 bridgehead atoms. The molecule has 1 saturated heterocycles. The molecule has 0 saturated carbocycles. The summed E-state index contributed by atoms with van der Waals surface area (Å²) in [6.45, 7) is 9.83.